The van der Waals surface area contributed by atoms with Gasteiger partial charge in [-0.05, 0) is 32.4 Å². The minimum atomic E-state index is -1.25. The first-order valence-electron chi connectivity index (χ1n) is 11.5. The molecule has 1 rings (SSSR count). The molecule has 11 heteroatoms. The molecule has 1 aromatic carbocycles. The maximum Gasteiger partial charge on any atom is 0.328 e. The van der Waals surface area contributed by atoms with Gasteiger partial charge in [-0.25, -0.2) is 4.79 Å². The van der Waals surface area contributed by atoms with E-state index in [2.05, 4.69) is 22.5 Å². The van der Waals surface area contributed by atoms with Crippen molar-refractivity contribution in [1.82, 2.24) is 10.6 Å². The van der Waals surface area contributed by atoms with Gasteiger partial charge in [-0.2, -0.15) is 0 Å². The molecule has 5 N–H and O–H groups in total. The van der Waals surface area contributed by atoms with Crippen molar-refractivity contribution in [3.05, 3.63) is 42.5 Å². The van der Waals surface area contributed by atoms with E-state index >= 15 is 0 Å². The monoisotopic (exact) mass is 505 g/mol. The topological polar surface area (TPSA) is 171 Å². The van der Waals surface area contributed by atoms with Gasteiger partial charge in [0, 0.05) is 31.9 Å². The van der Waals surface area contributed by atoms with E-state index in [0.29, 0.717) is 11.3 Å². The maximum absolute atomic E-state index is 12.7. The lowest BCUT2D eigenvalue weighted by Crippen LogP contribution is -2.42. The summed E-state index contributed by atoms with van der Waals surface area (Å²) in [6, 6.07) is 5.44. The number of amides is 3. The van der Waals surface area contributed by atoms with Gasteiger partial charge in [0.2, 0.25) is 17.7 Å². The molecular weight excluding hydrogens is 470 g/mol. The predicted molar refractivity (Wildman–Crippen MR) is 132 cm³/mol. The number of hydrogen-bond donors (Lipinski definition) is 5. The molecule has 0 fully saturated rings. The molecule has 198 valence electrons. The third-order valence-electron chi connectivity index (χ3n) is 5.20. The number of ketones is 1. The average Bonchev–Trinajstić information content (AvgIpc) is 2.84. The van der Waals surface area contributed by atoms with Gasteiger partial charge in [-0.15, -0.1) is 6.58 Å². The minimum absolute atomic E-state index is 0.0238. The van der Waals surface area contributed by atoms with Gasteiger partial charge >= 0.3 is 5.97 Å². The molecule has 0 radical (unpaired) electrons. The summed E-state index contributed by atoms with van der Waals surface area (Å²) in [6.45, 7) is 7.22. The van der Waals surface area contributed by atoms with Crippen LogP contribution in [-0.2, 0) is 23.9 Å². The first-order valence-corrected chi connectivity index (χ1v) is 11.5. The molecule has 0 aromatic heterocycles. The number of rotatable bonds is 15. The summed E-state index contributed by atoms with van der Waals surface area (Å²) in [6.07, 6.45) is 0.0256. The molecule has 0 aliphatic heterocycles. The van der Waals surface area contributed by atoms with Gasteiger partial charge in [-0.1, -0.05) is 18.2 Å². The molecular formula is C25H35N3O8. The van der Waals surface area contributed by atoms with Crippen LogP contribution in [0.25, 0.3) is 0 Å². The summed E-state index contributed by atoms with van der Waals surface area (Å²) in [5.41, 5.74) is -0.167. The zero-order valence-electron chi connectivity index (χ0n) is 20.8. The van der Waals surface area contributed by atoms with Crippen LogP contribution >= 0.6 is 0 Å². The second kappa shape index (κ2) is 14.7. The summed E-state index contributed by atoms with van der Waals surface area (Å²) in [5.74, 6) is -2.41. The third kappa shape index (κ3) is 10.4. The van der Waals surface area contributed by atoms with Crippen LogP contribution in [0.4, 0.5) is 5.69 Å². The Balaban J connectivity index is 2.61. The molecule has 0 aliphatic rings. The van der Waals surface area contributed by atoms with Crippen LogP contribution in [0.2, 0.25) is 0 Å². The van der Waals surface area contributed by atoms with E-state index in [0.717, 1.165) is 0 Å². The number of anilines is 1. The lowest BCUT2D eigenvalue weighted by Gasteiger charge is -2.20. The predicted octanol–water partition coefficient (Wildman–Crippen LogP) is 0.708. The number of aliphatic hydroxyl groups is 2. The van der Waals surface area contributed by atoms with Crippen molar-refractivity contribution in [1.29, 1.82) is 0 Å². The number of esters is 1. The Morgan fingerprint density at radius 2 is 1.81 bits per heavy atom. The molecule has 3 amide bonds. The van der Waals surface area contributed by atoms with Gasteiger partial charge in [0.1, 0.15) is 18.8 Å². The number of benzene rings is 1. The summed E-state index contributed by atoms with van der Waals surface area (Å²) < 4.78 is 4.84. The summed E-state index contributed by atoms with van der Waals surface area (Å²) >= 11 is 0. The van der Waals surface area contributed by atoms with Crippen LogP contribution in [0.1, 0.15) is 50.4 Å². The average molecular weight is 506 g/mol. The van der Waals surface area contributed by atoms with Crippen molar-refractivity contribution in [3.63, 3.8) is 0 Å². The third-order valence-corrected chi connectivity index (χ3v) is 5.20. The number of carbonyl (C=O) groups is 5. The number of carbonyl (C=O) groups excluding carboxylic acids is 5. The fraction of sp³-hybridized carbons (Fsp3) is 0.480. The lowest BCUT2D eigenvalue weighted by atomic mass is 9.92. The van der Waals surface area contributed by atoms with E-state index in [1.807, 2.05) is 0 Å². The molecule has 0 aliphatic carbocycles. The number of para-hydroxylation sites is 1. The van der Waals surface area contributed by atoms with Crippen molar-refractivity contribution in [2.24, 2.45) is 5.41 Å². The van der Waals surface area contributed by atoms with Crippen LogP contribution in [0.15, 0.2) is 36.9 Å². The highest BCUT2D eigenvalue weighted by molar-refractivity contribution is 6.06. The SMILES string of the molecule is C=CC(C)(C)C(=O)Nc1ccccc1C(=O)CCNC(=O)CC[C@H](NC(C)=O)C(=O)OC[C@H](O)CO. The molecule has 0 saturated carbocycles. The first-order chi connectivity index (χ1) is 16.9. The number of hydrogen-bond acceptors (Lipinski definition) is 8. The lowest BCUT2D eigenvalue weighted by molar-refractivity contribution is -0.151. The molecule has 1 aromatic rings. The van der Waals surface area contributed by atoms with E-state index in [9.17, 15) is 29.1 Å². The van der Waals surface area contributed by atoms with Crippen molar-refractivity contribution in [2.45, 2.75) is 52.2 Å². The summed E-state index contributed by atoms with van der Waals surface area (Å²) in [7, 11) is 0. The molecule has 0 heterocycles. The Bertz CT molecular complexity index is 960. The smallest absolute Gasteiger partial charge is 0.328 e. The highest BCUT2D eigenvalue weighted by Gasteiger charge is 2.25. The summed E-state index contributed by atoms with van der Waals surface area (Å²) in [4.78, 5) is 60.9. The second-order valence-corrected chi connectivity index (χ2v) is 8.71. The minimum Gasteiger partial charge on any atom is -0.461 e. The van der Waals surface area contributed by atoms with Crippen molar-refractivity contribution in [2.75, 3.05) is 25.1 Å². The van der Waals surface area contributed by atoms with E-state index < -0.39 is 48.6 Å². The Hall–Kier alpha value is -3.57. The molecule has 0 bridgehead atoms. The van der Waals surface area contributed by atoms with Gasteiger partial charge in [0.25, 0.3) is 0 Å². The molecule has 0 spiro atoms. The number of nitrogens with one attached hydrogen (secondary N) is 3. The fourth-order valence-electron chi connectivity index (χ4n) is 2.85. The van der Waals surface area contributed by atoms with Gasteiger partial charge < -0.3 is 30.9 Å². The van der Waals surface area contributed by atoms with E-state index in [4.69, 9.17) is 9.84 Å². The Morgan fingerprint density at radius 1 is 1.14 bits per heavy atom. The highest BCUT2D eigenvalue weighted by Crippen LogP contribution is 2.22. The Kier molecular flexibility index (Phi) is 12.5. The van der Waals surface area contributed by atoms with Gasteiger partial charge in [-0.3, -0.25) is 19.2 Å². The van der Waals surface area contributed by atoms with Gasteiger partial charge in [0.05, 0.1) is 17.7 Å². The van der Waals surface area contributed by atoms with Crippen molar-refractivity contribution < 1.29 is 38.9 Å². The number of Topliss-reactive ketones (excluding diaryl/α,β-unsaturated/α-hetero) is 1. The van der Waals surface area contributed by atoms with Crippen molar-refractivity contribution in [3.8, 4) is 0 Å². The highest BCUT2D eigenvalue weighted by atomic mass is 16.5. The molecule has 11 nitrogen and oxygen atoms in total. The second-order valence-electron chi connectivity index (χ2n) is 8.71. The maximum atomic E-state index is 12.7. The Labute approximate surface area is 210 Å². The molecule has 2 atom stereocenters. The molecule has 36 heavy (non-hydrogen) atoms. The molecule has 0 saturated heterocycles. The van der Waals surface area contributed by atoms with Crippen LogP contribution in [0.3, 0.4) is 0 Å². The molecule has 0 unspecified atom stereocenters. The van der Waals surface area contributed by atoms with Crippen LogP contribution in [-0.4, -0.2) is 71.6 Å². The fourth-order valence-corrected chi connectivity index (χ4v) is 2.85. The zero-order valence-corrected chi connectivity index (χ0v) is 20.8. The van der Waals surface area contributed by atoms with E-state index in [1.165, 1.54) is 13.0 Å². The van der Waals surface area contributed by atoms with Crippen LogP contribution < -0.4 is 16.0 Å². The van der Waals surface area contributed by atoms with Crippen molar-refractivity contribution >= 4 is 35.2 Å². The van der Waals surface area contributed by atoms with Crippen LogP contribution in [0.5, 0.6) is 0 Å². The quantitative estimate of drug-likeness (QED) is 0.132. The number of ether oxygens (including phenoxy) is 1. The first kappa shape index (κ1) is 30.5. The number of aliphatic hydroxyl groups excluding tert-OH is 2. The summed E-state index contributed by atoms with van der Waals surface area (Å²) in [5, 5.41) is 25.8. The van der Waals surface area contributed by atoms with Gasteiger partial charge in [0.15, 0.2) is 5.78 Å². The largest absolute Gasteiger partial charge is 0.461 e. The standard InChI is InChI=1S/C25H35N3O8/c1-5-25(3,4)24(35)28-19-9-7-6-8-18(19)21(32)12-13-26-22(33)11-10-20(27-16(2)30)23(34)36-15-17(31)14-29/h5-9,17,20,29,31H,1,10-15H2,2-4H3,(H,26,33)(H,27,30)(H,28,35)/t17-,20+/m1/s1. The van der Waals surface area contributed by atoms with E-state index in [-0.39, 0.29) is 37.5 Å². The zero-order chi connectivity index (χ0) is 27.3. The van der Waals surface area contributed by atoms with E-state index in [1.54, 1.807) is 38.1 Å². The van der Waals surface area contributed by atoms with Crippen LogP contribution in [0, 0.1) is 5.41 Å². The normalized spacial score (nSPS) is 12.6. The Morgan fingerprint density at radius 3 is 2.42 bits per heavy atom.